The number of ether oxygens (including phenoxy) is 2. The largest absolute Gasteiger partial charge is 0.490 e. The summed E-state index contributed by atoms with van der Waals surface area (Å²) in [7, 11) is 0. The van der Waals surface area contributed by atoms with Gasteiger partial charge in [-0.05, 0) is 37.6 Å². The van der Waals surface area contributed by atoms with Crippen LogP contribution in [0, 0.1) is 11.3 Å². The van der Waals surface area contributed by atoms with E-state index in [2.05, 4.69) is 16.2 Å². The van der Waals surface area contributed by atoms with Crippen molar-refractivity contribution in [3.63, 3.8) is 0 Å². The van der Waals surface area contributed by atoms with E-state index >= 15 is 0 Å². The Bertz CT molecular complexity index is 1030. The summed E-state index contributed by atoms with van der Waals surface area (Å²) in [6.07, 6.45) is -0.0273. The van der Waals surface area contributed by atoms with Gasteiger partial charge < -0.3 is 19.1 Å². The van der Waals surface area contributed by atoms with Gasteiger partial charge in [0.25, 0.3) is 5.89 Å². The molecule has 1 saturated heterocycles. The highest BCUT2D eigenvalue weighted by molar-refractivity contribution is 5.63. The number of hydrogen-bond acceptors (Lipinski definition) is 7. The summed E-state index contributed by atoms with van der Waals surface area (Å²) in [6, 6.07) is 14.6. The second-order valence-electron chi connectivity index (χ2n) is 7.01. The SMILES string of the molecule is CC(C)Oc1ccc(-c2nc(-c3ccc(C4(O)COC4)cc3)no2)cc1C#N. The molecule has 0 unspecified atom stereocenters. The third-order valence-electron chi connectivity index (χ3n) is 4.50. The van der Waals surface area contributed by atoms with E-state index in [0.29, 0.717) is 41.8 Å². The molecule has 0 amide bonds. The van der Waals surface area contributed by atoms with Crippen LogP contribution < -0.4 is 4.74 Å². The molecular formula is C21H19N3O4. The zero-order valence-electron chi connectivity index (χ0n) is 15.5. The molecule has 1 fully saturated rings. The molecule has 28 heavy (non-hydrogen) atoms. The zero-order chi connectivity index (χ0) is 19.7. The summed E-state index contributed by atoms with van der Waals surface area (Å²) in [6.45, 7) is 4.41. The van der Waals surface area contributed by atoms with Gasteiger partial charge in [0.1, 0.15) is 17.4 Å². The van der Waals surface area contributed by atoms with Gasteiger partial charge in [-0.3, -0.25) is 0 Å². The molecule has 1 aliphatic heterocycles. The summed E-state index contributed by atoms with van der Waals surface area (Å²) < 4.78 is 16.1. The molecule has 1 N–H and O–H groups in total. The van der Waals surface area contributed by atoms with Gasteiger partial charge >= 0.3 is 0 Å². The molecule has 0 bridgehead atoms. The Labute approximate surface area is 162 Å². The minimum absolute atomic E-state index is 0.0273. The number of aliphatic hydroxyl groups is 1. The summed E-state index contributed by atoms with van der Waals surface area (Å²) in [4.78, 5) is 4.43. The van der Waals surface area contributed by atoms with Crippen molar-refractivity contribution in [2.24, 2.45) is 0 Å². The lowest BCUT2D eigenvalue weighted by Crippen LogP contribution is -2.46. The molecule has 7 heteroatoms. The molecule has 0 spiro atoms. The van der Waals surface area contributed by atoms with Crippen LogP contribution in [0.3, 0.4) is 0 Å². The minimum atomic E-state index is -0.908. The van der Waals surface area contributed by atoms with E-state index in [9.17, 15) is 10.4 Å². The Balaban J connectivity index is 1.58. The highest BCUT2D eigenvalue weighted by Gasteiger charge is 2.37. The van der Waals surface area contributed by atoms with Gasteiger partial charge in [0, 0.05) is 11.1 Å². The van der Waals surface area contributed by atoms with Crippen LogP contribution in [0.2, 0.25) is 0 Å². The molecule has 0 aliphatic carbocycles. The van der Waals surface area contributed by atoms with Crippen LogP contribution in [0.1, 0.15) is 25.0 Å². The average molecular weight is 377 g/mol. The average Bonchev–Trinajstić information content (AvgIpc) is 3.16. The van der Waals surface area contributed by atoms with E-state index in [0.717, 1.165) is 11.1 Å². The first-order valence-corrected chi connectivity index (χ1v) is 8.94. The summed E-state index contributed by atoms with van der Waals surface area (Å²) in [5.41, 5.74) is 1.71. The monoisotopic (exact) mass is 377 g/mol. The Morgan fingerprint density at radius 3 is 2.46 bits per heavy atom. The van der Waals surface area contributed by atoms with Gasteiger partial charge in [0.05, 0.1) is 24.9 Å². The second-order valence-corrected chi connectivity index (χ2v) is 7.01. The molecule has 0 saturated carbocycles. The number of aromatic nitrogens is 2. The Morgan fingerprint density at radius 1 is 1.14 bits per heavy atom. The van der Waals surface area contributed by atoms with Crippen LogP contribution in [0.5, 0.6) is 5.75 Å². The van der Waals surface area contributed by atoms with Crippen molar-refractivity contribution >= 4 is 0 Å². The fourth-order valence-corrected chi connectivity index (χ4v) is 2.96. The number of benzene rings is 2. The standard InChI is InChI=1S/C21H19N3O4/c1-13(2)27-18-8-5-15(9-16(18)10-22)20-23-19(24-28-20)14-3-6-17(7-4-14)21(25)11-26-12-21/h3-9,13,25H,11-12H2,1-2H3. The van der Waals surface area contributed by atoms with Crippen LogP contribution in [-0.4, -0.2) is 34.6 Å². The third-order valence-corrected chi connectivity index (χ3v) is 4.50. The van der Waals surface area contributed by atoms with E-state index < -0.39 is 5.60 Å². The lowest BCUT2D eigenvalue weighted by Gasteiger charge is -2.36. The molecule has 142 valence electrons. The van der Waals surface area contributed by atoms with Crippen molar-refractivity contribution in [1.29, 1.82) is 5.26 Å². The van der Waals surface area contributed by atoms with Crippen molar-refractivity contribution in [3.8, 4) is 34.7 Å². The van der Waals surface area contributed by atoms with E-state index in [1.165, 1.54) is 0 Å². The van der Waals surface area contributed by atoms with Crippen molar-refractivity contribution in [2.45, 2.75) is 25.6 Å². The molecule has 0 atom stereocenters. The number of nitrogens with zero attached hydrogens (tertiary/aromatic N) is 3. The van der Waals surface area contributed by atoms with Crippen LogP contribution in [0.15, 0.2) is 47.0 Å². The summed E-state index contributed by atoms with van der Waals surface area (Å²) in [5.74, 6) is 1.27. The fourth-order valence-electron chi connectivity index (χ4n) is 2.96. The van der Waals surface area contributed by atoms with Crippen LogP contribution >= 0.6 is 0 Å². The smallest absolute Gasteiger partial charge is 0.258 e. The van der Waals surface area contributed by atoms with E-state index in [-0.39, 0.29) is 6.10 Å². The van der Waals surface area contributed by atoms with Crippen molar-refractivity contribution in [1.82, 2.24) is 10.1 Å². The van der Waals surface area contributed by atoms with E-state index in [1.54, 1.807) is 18.2 Å². The molecule has 1 aliphatic rings. The van der Waals surface area contributed by atoms with Crippen LogP contribution in [0.4, 0.5) is 0 Å². The molecule has 0 radical (unpaired) electrons. The molecule has 4 rings (SSSR count). The van der Waals surface area contributed by atoms with Gasteiger partial charge in [-0.2, -0.15) is 10.2 Å². The van der Waals surface area contributed by atoms with Crippen molar-refractivity contribution < 1.29 is 19.1 Å². The molecule has 1 aromatic heterocycles. The Morgan fingerprint density at radius 2 is 1.86 bits per heavy atom. The lowest BCUT2D eigenvalue weighted by atomic mass is 9.91. The van der Waals surface area contributed by atoms with E-state index in [4.69, 9.17) is 14.0 Å². The Kier molecular flexibility index (Phi) is 4.59. The summed E-state index contributed by atoms with van der Waals surface area (Å²) >= 11 is 0. The predicted molar refractivity (Wildman–Crippen MR) is 100 cm³/mol. The number of rotatable bonds is 5. The normalized spacial score (nSPS) is 15.1. The zero-order valence-corrected chi connectivity index (χ0v) is 15.5. The van der Waals surface area contributed by atoms with Gasteiger partial charge in [0.15, 0.2) is 0 Å². The highest BCUT2D eigenvalue weighted by atomic mass is 16.5. The first-order chi connectivity index (χ1) is 13.5. The van der Waals surface area contributed by atoms with Crippen molar-refractivity contribution in [3.05, 3.63) is 53.6 Å². The first-order valence-electron chi connectivity index (χ1n) is 8.94. The second kappa shape index (κ2) is 7.08. The maximum Gasteiger partial charge on any atom is 0.258 e. The summed E-state index contributed by atoms with van der Waals surface area (Å²) in [5, 5.41) is 23.7. The highest BCUT2D eigenvalue weighted by Crippen LogP contribution is 2.31. The molecular weight excluding hydrogens is 358 g/mol. The number of nitriles is 1. The number of hydrogen-bond donors (Lipinski definition) is 1. The quantitative estimate of drug-likeness (QED) is 0.728. The third kappa shape index (κ3) is 3.36. The molecule has 2 aromatic carbocycles. The fraction of sp³-hybridized carbons (Fsp3) is 0.286. The van der Waals surface area contributed by atoms with Gasteiger partial charge in [-0.1, -0.05) is 29.4 Å². The van der Waals surface area contributed by atoms with Gasteiger partial charge in [0.2, 0.25) is 5.82 Å². The minimum Gasteiger partial charge on any atom is -0.490 e. The van der Waals surface area contributed by atoms with Crippen molar-refractivity contribution in [2.75, 3.05) is 13.2 Å². The predicted octanol–water partition coefficient (Wildman–Crippen LogP) is 3.28. The molecule has 3 aromatic rings. The maximum absolute atomic E-state index is 10.3. The lowest BCUT2D eigenvalue weighted by molar-refractivity contribution is -0.184. The van der Waals surface area contributed by atoms with E-state index in [1.807, 2.05) is 38.1 Å². The Hall–Kier alpha value is -3.21. The maximum atomic E-state index is 10.3. The molecule has 2 heterocycles. The first kappa shape index (κ1) is 18.2. The van der Waals surface area contributed by atoms with Gasteiger partial charge in [-0.15, -0.1) is 0 Å². The van der Waals surface area contributed by atoms with Gasteiger partial charge in [-0.25, -0.2) is 0 Å². The van der Waals surface area contributed by atoms with Crippen LogP contribution in [-0.2, 0) is 10.3 Å². The topological polar surface area (TPSA) is 101 Å². The van der Waals surface area contributed by atoms with Crippen LogP contribution in [0.25, 0.3) is 22.8 Å². The molecule has 7 nitrogen and oxygen atoms in total.